The maximum atomic E-state index is 6.02. The summed E-state index contributed by atoms with van der Waals surface area (Å²) in [6.07, 6.45) is 3.92. The lowest BCUT2D eigenvalue weighted by atomic mass is 10.2. The summed E-state index contributed by atoms with van der Waals surface area (Å²) in [5.74, 6) is 0. The third-order valence-corrected chi connectivity index (χ3v) is 6.98. The number of para-hydroxylation sites is 2. The van der Waals surface area contributed by atoms with Crippen LogP contribution >= 0.6 is 22.7 Å². The fraction of sp³-hybridized carbons (Fsp3) is 0.0435. The normalized spacial score (nSPS) is 11.0. The highest BCUT2D eigenvalue weighted by atomic mass is 32.1. The Bertz CT molecular complexity index is 1390. The average Bonchev–Trinajstić information content (AvgIpc) is 3.48. The van der Waals surface area contributed by atoms with Crippen LogP contribution in [0.2, 0.25) is 0 Å². The van der Waals surface area contributed by atoms with Crippen molar-refractivity contribution in [2.75, 3.05) is 16.4 Å². The van der Waals surface area contributed by atoms with Gasteiger partial charge in [0, 0.05) is 11.9 Å². The number of nitrogen functional groups attached to an aromatic ring is 1. The molecular weight excluding hydrogens is 424 g/mol. The summed E-state index contributed by atoms with van der Waals surface area (Å²) in [5.41, 5.74) is 11.3. The van der Waals surface area contributed by atoms with E-state index in [4.69, 9.17) is 10.7 Å². The molecule has 0 atom stereocenters. The van der Waals surface area contributed by atoms with Crippen molar-refractivity contribution in [2.45, 2.75) is 6.92 Å². The largest absolute Gasteiger partial charge is 0.397 e. The molecule has 0 aliphatic heterocycles. The molecule has 0 fully saturated rings. The second-order valence-electron chi connectivity index (χ2n) is 6.99. The molecule has 5 aromatic rings. The number of thiazole rings is 1. The fourth-order valence-corrected chi connectivity index (χ4v) is 5.18. The standard InChI is InChI=1S/C23H20N6S2/c1-14(26-17-8-4-3-7-16(17)24)19-10-11-21(30-19)28-23-27-15(2)22(31-23)18-13-25-20-9-5-6-12-29(18)20/h3-13,26H,1,24H2,2H3,(H,27,28). The Hall–Kier alpha value is -3.62. The molecule has 4 heterocycles. The molecule has 1 aromatic carbocycles. The number of nitrogens with one attached hydrogen (secondary N) is 2. The van der Waals surface area contributed by atoms with Gasteiger partial charge in [-0.25, -0.2) is 9.97 Å². The number of fused-ring (bicyclic) bond motifs is 1. The first-order chi connectivity index (χ1) is 15.1. The second-order valence-corrected chi connectivity index (χ2v) is 9.07. The summed E-state index contributed by atoms with van der Waals surface area (Å²) in [6.45, 7) is 6.18. The van der Waals surface area contributed by atoms with Crippen molar-refractivity contribution in [3.63, 3.8) is 0 Å². The molecule has 0 radical (unpaired) electrons. The van der Waals surface area contributed by atoms with Crippen molar-refractivity contribution in [1.82, 2.24) is 14.4 Å². The van der Waals surface area contributed by atoms with E-state index in [-0.39, 0.29) is 0 Å². The molecule has 0 unspecified atom stereocenters. The number of aryl methyl sites for hydroxylation is 1. The maximum absolute atomic E-state index is 6.02. The Labute approximate surface area is 187 Å². The van der Waals surface area contributed by atoms with Crippen LogP contribution in [0.15, 0.2) is 73.6 Å². The molecule has 4 N–H and O–H groups in total. The molecule has 31 heavy (non-hydrogen) atoms. The van der Waals surface area contributed by atoms with Crippen LogP contribution in [0.4, 0.5) is 21.5 Å². The predicted octanol–water partition coefficient (Wildman–Crippen LogP) is 6.24. The minimum Gasteiger partial charge on any atom is -0.397 e. The Kier molecular flexibility index (Phi) is 4.93. The van der Waals surface area contributed by atoms with Gasteiger partial charge < -0.3 is 16.4 Å². The van der Waals surface area contributed by atoms with Gasteiger partial charge in [-0.05, 0) is 43.3 Å². The Morgan fingerprint density at radius 2 is 1.90 bits per heavy atom. The lowest BCUT2D eigenvalue weighted by molar-refractivity contribution is 1.18. The number of benzene rings is 1. The van der Waals surface area contributed by atoms with E-state index in [0.29, 0.717) is 5.69 Å². The highest BCUT2D eigenvalue weighted by Gasteiger charge is 2.15. The van der Waals surface area contributed by atoms with Gasteiger partial charge in [-0.3, -0.25) is 4.40 Å². The Morgan fingerprint density at radius 3 is 2.77 bits per heavy atom. The summed E-state index contributed by atoms with van der Waals surface area (Å²) in [4.78, 5) is 11.3. The monoisotopic (exact) mass is 444 g/mol. The van der Waals surface area contributed by atoms with Crippen LogP contribution in [0.1, 0.15) is 10.6 Å². The van der Waals surface area contributed by atoms with Gasteiger partial charge in [0.15, 0.2) is 5.13 Å². The molecule has 154 valence electrons. The lowest BCUT2D eigenvalue weighted by Crippen LogP contribution is -1.99. The van der Waals surface area contributed by atoms with E-state index in [2.05, 4.69) is 26.6 Å². The van der Waals surface area contributed by atoms with Crippen LogP contribution in [0.25, 0.3) is 21.9 Å². The number of nitrogens with zero attached hydrogens (tertiary/aromatic N) is 3. The van der Waals surface area contributed by atoms with Crippen molar-refractivity contribution in [3.05, 3.63) is 84.1 Å². The number of rotatable bonds is 6. The molecule has 0 bridgehead atoms. The quantitative estimate of drug-likeness (QED) is 0.270. The van der Waals surface area contributed by atoms with Gasteiger partial charge in [-0.15, -0.1) is 11.3 Å². The number of thiophene rings is 1. The third kappa shape index (κ3) is 3.78. The number of nitrogens with two attached hydrogens (primary N) is 1. The van der Waals surface area contributed by atoms with Gasteiger partial charge >= 0.3 is 0 Å². The number of pyridine rings is 1. The Morgan fingerprint density at radius 1 is 1.06 bits per heavy atom. The SMILES string of the molecule is C=C(Nc1ccccc1N)c1ccc(Nc2nc(C)c(-c3cnc4ccccn34)s2)s1. The van der Waals surface area contributed by atoms with E-state index in [0.717, 1.165) is 48.3 Å². The van der Waals surface area contributed by atoms with Gasteiger partial charge in [-0.1, -0.05) is 36.1 Å². The maximum Gasteiger partial charge on any atom is 0.188 e. The molecule has 4 aromatic heterocycles. The van der Waals surface area contributed by atoms with E-state index in [9.17, 15) is 0 Å². The van der Waals surface area contributed by atoms with Gasteiger partial charge in [0.2, 0.25) is 0 Å². The number of hydrogen-bond acceptors (Lipinski definition) is 7. The first-order valence-electron chi connectivity index (χ1n) is 9.66. The minimum atomic E-state index is 0.691. The summed E-state index contributed by atoms with van der Waals surface area (Å²) in [7, 11) is 0. The molecule has 6 nitrogen and oxygen atoms in total. The van der Waals surface area contributed by atoms with Crippen LogP contribution in [-0.4, -0.2) is 14.4 Å². The van der Waals surface area contributed by atoms with Crippen molar-refractivity contribution in [3.8, 4) is 10.6 Å². The summed E-state index contributed by atoms with van der Waals surface area (Å²) in [6, 6.07) is 17.7. The second kappa shape index (κ2) is 7.90. The Balaban J connectivity index is 1.35. The first-order valence-corrected chi connectivity index (χ1v) is 11.3. The zero-order chi connectivity index (χ0) is 21.4. The molecule has 0 aliphatic rings. The van der Waals surface area contributed by atoms with E-state index >= 15 is 0 Å². The smallest absolute Gasteiger partial charge is 0.188 e. The summed E-state index contributed by atoms with van der Waals surface area (Å²) in [5, 5.41) is 8.56. The van der Waals surface area contributed by atoms with Gasteiger partial charge in [-0.2, -0.15) is 0 Å². The third-order valence-electron chi connectivity index (χ3n) is 4.83. The zero-order valence-electron chi connectivity index (χ0n) is 16.8. The van der Waals surface area contributed by atoms with E-state index in [1.165, 1.54) is 0 Å². The van der Waals surface area contributed by atoms with Crippen LogP contribution in [0, 0.1) is 6.92 Å². The zero-order valence-corrected chi connectivity index (χ0v) is 18.4. The van der Waals surface area contributed by atoms with Gasteiger partial charge in [0.25, 0.3) is 0 Å². The molecule has 8 heteroatoms. The van der Waals surface area contributed by atoms with Gasteiger partial charge in [0.1, 0.15) is 5.65 Å². The summed E-state index contributed by atoms with van der Waals surface area (Å²) >= 11 is 3.23. The highest BCUT2D eigenvalue weighted by molar-refractivity contribution is 7.20. The lowest BCUT2D eigenvalue weighted by Gasteiger charge is -2.10. The predicted molar refractivity (Wildman–Crippen MR) is 132 cm³/mol. The number of aromatic nitrogens is 3. The molecule has 0 saturated heterocycles. The highest BCUT2D eigenvalue weighted by Crippen LogP contribution is 2.37. The molecule has 0 amide bonds. The minimum absolute atomic E-state index is 0.691. The van der Waals surface area contributed by atoms with Crippen molar-refractivity contribution >= 4 is 55.5 Å². The van der Waals surface area contributed by atoms with E-state index in [1.807, 2.05) is 73.9 Å². The van der Waals surface area contributed by atoms with Crippen LogP contribution in [0.3, 0.4) is 0 Å². The van der Waals surface area contributed by atoms with Crippen LogP contribution in [0.5, 0.6) is 0 Å². The summed E-state index contributed by atoms with van der Waals surface area (Å²) < 4.78 is 2.08. The van der Waals surface area contributed by atoms with E-state index < -0.39 is 0 Å². The molecule has 0 spiro atoms. The first kappa shape index (κ1) is 19.3. The number of imidazole rings is 1. The number of hydrogen-bond donors (Lipinski definition) is 3. The van der Waals surface area contributed by atoms with Crippen LogP contribution in [-0.2, 0) is 0 Å². The van der Waals surface area contributed by atoms with Crippen molar-refractivity contribution in [2.24, 2.45) is 0 Å². The van der Waals surface area contributed by atoms with E-state index in [1.54, 1.807) is 22.7 Å². The fourth-order valence-electron chi connectivity index (χ4n) is 3.30. The molecular formula is C23H20N6S2. The molecule has 0 aliphatic carbocycles. The van der Waals surface area contributed by atoms with Crippen molar-refractivity contribution in [1.29, 1.82) is 0 Å². The molecule has 0 saturated carbocycles. The topological polar surface area (TPSA) is 80.3 Å². The average molecular weight is 445 g/mol. The molecule has 5 rings (SSSR count). The van der Waals surface area contributed by atoms with Crippen LogP contribution < -0.4 is 16.4 Å². The van der Waals surface area contributed by atoms with Gasteiger partial charge in [0.05, 0.1) is 43.7 Å². The number of anilines is 4. The van der Waals surface area contributed by atoms with Crippen molar-refractivity contribution < 1.29 is 0 Å².